The number of hydrogen-bond donors (Lipinski definition) is 2. The van der Waals surface area contributed by atoms with Gasteiger partial charge in [0.2, 0.25) is 0 Å². The SMILES string of the molecule is CC1CCCCC1NC(=NCC1CN2CCN1CC2)NCCc1ccco1. The summed E-state index contributed by atoms with van der Waals surface area (Å²) in [6.45, 7) is 10.1. The van der Waals surface area contributed by atoms with Crippen molar-refractivity contribution in [1.29, 1.82) is 0 Å². The standard InChI is InChI=1S/C21H35N5O/c1-17-5-2-3-7-20(17)24-21(22-9-8-19-6-4-14-27-19)23-15-18-16-25-10-12-26(18)13-11-25/h4,6,14,17-18,20H,2-3,5,7-13,15-16H2,1H3,(H2,22,23,24). The predicted molar refractivity (Wildman–Crippen MR) is 109 cm³/mol. The van der Waals surface area contributed by atoms with Gasteiger partial charge in [-0.3, -0.25) is 14.8 Å². The smallest absolute Gasteiger partial charge is 0.191 e. The van der Waals surface area contributed by atoms with Crippen LogP contribution >= 0.6 is 0 Å². The lowest BCUT2D eigenvalue weighted by Crippen LogP contribution is -2.62. The second kappa shape index (κ2) is 9.11. The van der Waals surface area contributed by atoms with Crippen molar-refractivity contribution in [3.63, 3.8) is 0 Å². The Morgan fingerprint density at radius 3 is 2.78 bits per heavy atom. The first-order chi connectivity index (χ1) is 13.3. The lowest BCUT2D eigenvalue weighted by molar-refractivity contribution is 0.0174. The maximum absolute atomic E-state index is 5.46. The molecular weight excluding hydrogens is 338 g/mol. The number of rotatable bonds is 6. The second-order valence-electron chi connectivity index (χ2n) is 8.45. The van der Waals surface area contributed by atoms with Crippen molar-refractivity contribution >= 4 is 5.96 Å². The highest BCUT2D eigenvalue weighted by atomic mass is 16.3. The van der Waals surface area contributed by atoms with Crippen LogP contribution < -0.4 is 10.6 Å². The Morgan fingerprint density at radius 1 is 1.22 bits per heavy atom. The summed E-state index contributed by atoms with van der Waals surface area (Å²) in [7, 11) is 0. The number of guanidine groups is 1. The molecule has 1 aromatic heterocycles. The van der Waals surface area contributed by atoms with Crippen LogP contribution in [0, 0.1) is 5.92 Å². The molecule has 4 fully saturated rings. The Kier molecular flexibility index (Phi) is 6.35. The zero-order valence-electron chi connectivity index (χ0n) is 16.7. The highest BCUT2D eigenvalue weighted by Crippen LogP contribution is 2.23. The van der Waals surface area contributed by atoms with Crippen LogP contribution in [0.1, 0.15) is 38.4 Å². The highest BCUT2D eigenvalue weighted by molar-refractivity contribution is 5.80. The first-order valence-electron chi connectivity index (χ1n) is 10.8. The topological polar surface area (TPSA) is 56.0 Å². The number of aliphatic imine (C=N–C) groups is 1. The predicted octanol–water partition coefficient (Wildman–Crippen LogP) is 1.94. The van der Waals surface area contributed by atoms with Gasteiger partial charge < -0.3 is 15.1 Å². The number of piperazine rings is 3. The molecule has 0 aromatic carbocycles. The average molecular weight is 374 g/mol. The van der Waals surface area contributed by atoms with Gasteiger partial charge in [-0.1, -0.05) is 19.8 Å². The third-order valence-corrected chi connectivity index (χ3v) is 6.53. The van der Waals surface area contributed by atoms with E-state index in [1.807, 2.05) is 12.1 Å². The van der Waals surface area contributed by atoms with E-state index in [2.05, 4.69) is 27.4 Å². The number of nitrogens with one attached hydrogen (secondary N) is 2. The van der Waals surface area contributed by atoms with Crippen LogP contribution in [0.2, 0.25) is 0 Å². The van der Waals surface area contributed by atoms with E-state index in [0.717, 1.165) is 37.1 Å². The lowest BCUT2D eigenvalue weighted by atomic mass is 9.86. The van der Waals surface area contributed by atoms with Crippen molar-refractivity contribution in [2.45, 2.75) is 51.1 Å². The van der Waals surface area contributed by atoms with E-state index in [4.69, 9.17) is 9.41 Å². The molecule has 5 rings (SSSR count). The van der Waals surface area contributed by atoms with Crippen LogP contribution in [0.5, 0.6) is 0 Å². The third kappa shape index (κ3) is 5.05. The fourth-order valence-corrected chi connectivity index (χ4v) is 4.71. The monoisotopic (exact) mass is 373 g/mol. The molecule has 3 atom stereocenters. The third-order valence-electron chi connectivity index (χ3n) is 6.53. The van der Waals surface area contributed by atoms with Crippen molar-refractivity contribution in [2.24, 2.45) is 10.9 Å². The lowest BCUT2D eigenvalue weighted by Gasteiger charge is -2.47. The molecule has 0 amide bonds. The molecule has 3 saturated heterocycles. The van der Waals surface area contributed by atoms with Gasteiger partial charge in [0.25, 0.3) is 0 Å². The van der Waals surface area contributed by atoms with Gasteiger partial charge in [-0.25, -0.2) is 0 Å². The van der Waals surface area contributed by atoms with E-state index in [0.29, 0.717) is 12.1 Å². The summed E-state index contributed by atoms with van der Waals surface area (Å²) in [6.07, 6.45) is 7.90. The zero-order valence-corrected chi connectivity index (χ0v) is 16.7. The molecule has 0 spiro atoms. The first kappa shape index (κ1) is 18.8. The van der Waals surface area contributed by atoms with Gasteiger partial charge in [-0.05, 0) is 30.9 Å². The van der Waals surface area contributed by atoms with Crippen LogP contribution in [0.15, 0.2) is 27.8 Å². The Balaban J connectivity index is 1.35. The Bertz CT molecular complexity index is 594. The number of fused-ring (bicyclic) bond motifs is 3. The van der Waals surface area contributed by atoms with Crippen LogP contribution in [-0.4, -0.2) is 73.7 Å². The molecule has 6 heteroatoms. The van der Waals surface area contributed by atoms with Crippen LogP contribution in [0.25, 0.3) is 0 Å². The molecule has 1 aliphatic carbocycles. The molecule has 150 valence electrons. The molecule has 4 aliphatic rings. The Hall–Kier alpha value is -1.53. The minimum atomic E-state index is 0.542. The van der Waals surface area contributed by atoms with Crippen molar-refractivity contribution < 1.29 is 4.42 Å². The van der Waals surface area contributed by atoms with E-state index >= 15 is 0 Å². The van der Waals surface area contributed by atoms with Crippen molar-refractivity contribution in [2.75, 3.05) is 45.8 Å². The first-order valence-corrected chi connectivity index (χ1v) is 10.8. The molecule has 2 bridgehead atoms. The fourth-order valence-electron chi connectivity index (χ4n) is 4.71. The molecule has 27 heavy (non-hydrogen) atoms. The normalized spacial score (nSPS) is 33.8. The van der Waals surface area contributed by atoms with Crippen LogP contribution in [0.3, 0.4) is 0 Å². The molecule has 6 nitrogen and oxygen atoms in total. The molecular formula is C21H35N5O. The summed E-state index contributed by atoms with van der Waals surface area (Å²) >= 11 is 0. The van der Waals surface area contributed by atoms with E-state index in [9.17, 15) is 0 Å². The van der Waals surface area contributed by atoms with E-state index in [1.165, 1.54) is 58.4 Å². The maximum Gasteiger partial charge on any atom is 0.191 e. The molecule has 2 N–H and O–H groups in total. The Morgan fingerprint density at radius 2 is 2.07 bits per heavy atom. The molecule has 1 saturated carbocycles. The fraction of sp³-hybridized carbons (Fsp3) is 0.762. The number of nitrogens with zero attached hydrogens (tertiary/aromatic N) is 3. The Labute approximate surface area is 163 Å². The summed E-state index contributed by atoms with van der Waals surface area (Å²) in [5, 5.41) is 7.30. The van der Waals surface area contributed by atoms with Gasteiger partial charge in [0, 0.05) is 57.8 Å². The minimum absolute atomic E-state index is 0.542. The number of furan rings is 1. The maximum atomic E-state index is 5.46. The largest absolute Gasteiger partial charge is 0.469 e. The highest BCUT2D eigenvalue weighted by Gasteiger charge is 2.31. The van der Waals surface area contributed by atoms with E-state index < -0.39 is 0 Å². The van der Waals surface area contributed by atoms with E-state index in [1.54, 1.807) is 6.26 Å². The molecule has 3 unspecified atom stereocenters. The van der Waals surface area contributed by atoms with Crippen molar-refractivity contribution in [1.82, 2.24) is 20.4 Å². The molecule has 4 heterocycles. The molecule has 3 aliphatic heterocycles. The van der Waals surface area contributed by atoms with E-state index in [-0.39, 0.29) is 0 Å². The van der Waals surface area contributed by atoms with Crippen LogP contribution in [0.4, 0.5) is 0 Å². The second-order valence-corrected chi connectivity index (χ2v) is 8.45. The van der Waals surface area contributed by atoms with Gasteiger partial charge in [0.15, 0.2) is 5.96 Å². The van der Waals surface area contributed by atoms with Gasteiger partial charge in [-0.2, -0.15) is 0 Å². The van der Waals surface area contributed by atoms with Gasteiger partial charge in [0.1, 0.15) is 5.76 Å². The summed E-state index contributed by atoms with van der Waals surface area (Å²) in [5.74, 6) is 2.73. The summed E-state index contributed by atoms with van der Waals surface area (Å²) in [6, 6.07) is 5.10. The summed E-state index contributed by atoms with van der Waals surface area (Å²) in [4.78, 5) is 10.2. The van der Waals surface area contributed by atoms with Crippen molar-refractivity contribution in [3.05, 3.63) is 24.2 Å². The zero-order chi connectivity index (χ0) is 18.5. The van der Waals surface area contributed by atoms with Gasteiger partial charge in [0.05, 0.1) is 12.8 Å². The quantitative estimate of drug-likeness (QED) is 0.590. The molecule has 1 aromatic rings. The van der Waals surface area contributed by atoms with Crippen LogP contribution in [-0.2, 0) is 6.42 Å². The van der Waals surface area contributed by atoms with Gasteiger partial charge >= 0.3 is 0 Å². The minimum Gasteiger partial charge on any atom is -0.469 e. The molecule has 0 radical (unpaired) electrons. The van der Waals surface area contributed by atoms with Crippen molar-refractivity contribution in [3.8, 4) is 0 Å². The summed E-state index contributed by atoms with van der Waals surface area (Å²) < 4.78 is 5.46. The summed E-state index contributed by atoms with van der Waals surface area (Å²) in [5.41, 5.74) is 0. The number of hydrogen-bond acceptors (Lipinski definition) is 4. The van der Waals surface area contributed by atoms with Gasteiger partial charge in [-0.15, -0.1) is 0 Å². The average Bonchev–Trinajstić information content (AvgIpc) is 3.22.